The summed E-state index contributed by atoms with van der Waals surface area (Å²) in [6.07, 6.45) is 0.770. The first-order chi connectivity index (χ1) is 11.0. The van der Waals surface area contributed by atoms with Crippen molar-refractivity contribution in [1.82, 2.24) is 5.32 Å². The van der Waals surface area contributed by atoms with E-state index in [2.05, 4.69) is 27.6 Å². The van der Waals surface area contributed by atoms with Crippen molar-refractivity contribution in [2.45, 2.75) is 60.6 Å². The van der Waals surface area contributed by atoms with Crippen molar-refractivity contribution >= 4 is 35.9 Å². The molecule has 0 fully saturated rings. The number of hydrogen-bond acceptors (Lipinski definition) is 7. The van der Waals surface area contributed by atoms with Crippen LogP contribution in [0, 0.1) is 19.8 Å². The van der Waals surface area contributed by atoms with Gasteiger partial charge in [0, 0.05) is 34.1 Å². The second-order valence-corrected chi connectivity index (χ2v) is 7.53. The molecule has 1 aromatic heterocycles. The van der Waals surface area contributed by atoms with E-state index in [4.69, 9.17) is 4.89 Å². The minimum absolute atomic E-state index is 0.0604. The average Bonchev–Trinajstić information content (AvgIpc) is 2.83. The van der Waals surface area contributed by atoms with E-state index in [-0.39, 0.29) is 17.6 Å². The molecule has 0 radical (unpaired) electrons. The molecular formula is C16H27NO5S2. The summed E-state index contributed by atoms with van der Waals surface area (Å²) in [5.41, 5.74) is -0.0639. The van der Waals surface area contributed by atoms with Crippen LogP contribution >= 0.6 is 24.2 Å². The van der Waals surface area contributed by atoms with Crippen LogP contribution in [0.3, 0.4) is 0 Å². The summed E-state index contributed by atoms with van der Waals surface area (Å²) in [4.78, 5) is 29.4. The number of Topliss-reactive ketones (excluding diaryl/α,β-unsaturated/α-hetero) is 1. The number of amides is 1. The highest BCUT2D eigenvalue weighted by Gasteiger charge is 2.25. The van der Waals surface area contributed by atoms with Gasteiger partial charge in [-0.2, -0.15) is 4.89 Å². The zero-order valence-electron chi connectivity index (χ0n) is 15.3. The average molecular weight is 378 g/mol. The van der Waals surface area contributed by atoms with Crippen molar-refractivity contribution in [1.29, 1.82) is 0 Å². The van der Waals surface area contributed by atoms with Crippen molar-refractivity contribution < 1.29 is 23.8 Å². The quantitative estimate of drug-likeness (QED) is 0.186. The number of carbonyl (C=O) groups excluding carboxylic acids is 2. The Bertz CT molecular complexity index is 543. The summed E-state index contributed by atoms with van der Waals surface area (Å²) < 4.78 is 3.97. The van der Waals surface area contributed by atoms with Crippen LogP contribution < -0.4 is 5.32 Å². The molecule has 0 aliphatic carbocycles. The number of aryl methyl sites for hydroxylation is 2. The van der Waals surface area contributed by atoms with Gasteiger partial charge in [-0.3, -0.25) is 9.59 Å². The van der Waals surface area contributed by atoms with Gasteiger partial charge in [0.25, 0.3) is 0 Å². The van der Waals surface area contributed by atoms with Gasteiger partial charge in [0.15, 0.2) is 11.5 Å². The van der Waals surface area contributed by atoms with E-state index >= 15 is 0 Å². The normalized spacial score (nSPS) is 12.2. The van der Waals surface area contributed by atoms with E-state index in [1.807, 2.05) is 33.8 Å². The molecule has 1 atom stereocenters. The van der Waals surface area contributed by atoms with E-state index in [0.717, 1.165) is 16.9 Å². The predicted molar refractivity (Wildman–Crippen MR) is 97.7 cm³/mol. The summed E-state index contributed by atoms with van der Waals surface area (Å²) >= 11 is 5.00. The van der Waals surface area contributed by atoms with Gasteiger partial charge in [-0.1, -0.05) is 18.9 Å². The molecule has 0 saturated carbocycles. The fraction of sp³-hybridized carbons (Fsp3) is 0.625. The van der Waals surface area contributed by atoms with Crippen LogP contribution in [0.4, 0.5) is 0 Å². The van der Waals surface area contributed by atoms with E-state index in [1.54, 1.807) is 32.1 Å². The first kappa shape index (κ1) is 23.1. The van der Waals surface area contributed by atoms with Crippen LogP contribution in [0.15, 0.2) is 6.07 Å². The smallest absolute Gasteiger partial charge is 0.225 e. The van der Waals surface area contributed by atoms with E-state index in [0.29, 0.717) is 0 Å². The molecule has 1 amide bonds. The maximum atomic E-state index is 11.4. The Morgan fingerprint density at radius 2 is 1.96 bits per heavy atom. The molecule has 0 spiro atoms. The number of rotatable bonds is 7. The number of nitrogens with one attached hydrogen (secondary N) is 1. The second-order valence-electron chi connectivity index (χ2n) is 5.92. The Balaban J connectivity index is 0.000000463. The van der Waals surface area contributed by atoms with Crippen LogP contribution in [0.25, 0.3) is 0 Å². The van der Waals surface area contributed by atoms with Gasteiger partial charge in [0.2, 0.25) is 5.91 Å². The second kappa shape index (κ2) is 10.8. The lowest BCUT2D eigenvalue weighted by Gasteiger charge is -2.24. The lowest BCUT2D eigenvalue weighted by atomic mass is 10.1. The third kappa shape index (κ3) is 8.79. The Morgan fingerprint density at radius 1 is 1.38 bits per heavy atom. The van der Waals surface area contributed by atoms with Gasteiger partial charge in [0.05, 0.1) is 0 Å². The molecule has 0 aliphatic rings. The fourth-order valence-electron chi connectivity index (χ4n) is 1.71. The molecule has 0 saturated heterocycles. The van der Waals surface area contributed by atoms with E-state index < -0.39 is 5.72 Å². The monoisotopic (exact) mass is 377 g/mol. The lowest BCUT2D eigenvalue weighted by molar-refractivity contribution is -0.496. The number of thiol groups is 1. The molecule has 24 heavy (non-hydrogen) atoms. The molecular weight excluding hydrogens is 350 g/mol. The maximum absolute atomic E-state index is 11.4. The fourth-order valence-corrected chi connectivity index (χ4v) is 2.71. The summed E-state index contributed by atoms with van der Waals surface area (Å²) in [7, 11) is 0. The van der Waals surface area contributed by atoms with Gasteiger partial charge < -0.3 is 5.32 Å². The highest BCUT2D eigenvalue weighted by molar-refractivity contribution is 7.74. The third-order valence-corrected chi connectivity index (χ3v) is 4.20. The summed E-state index contributed by atoms with van der Waals surface area (Å²) in [5, 5.41) is 6.80. The van der Waals surface area contributed by atoms with Crippen molar-refractivity contribution in [2.24, 2.45) is 5.92 Å². The van der Waals surface area contributed by atoms with Crippen molar-refractivity contribution in [3.63, 3.8) is 0 Å². The number of ketones is 1. The van der Waals surface area contributed by atoms with Crippen LogP contribution in [0.1, 0.15) is 61.2 Å². The molecule has 138 valence electrons. The highest BCUT2D eigenvalue weighted by atomic mass is 32.1. The first-order valence-corrected chi connectivity index (χ1v) is 8.78. The first-order valence-electron chi connectivity index (χ1n) is 7.60. The van der Waals surface area contributed by atoms with E-state index in [9.17, 15) is 9.59 Å². The van der Waals surface area contributed by atoms with Crippen LogP contribution in [0.2, 0.25) is 0 Å². The molecule has 6 nitrogen and oxygen atoms in total. The molecule has 8 heteroatoms. The minimum Gasteiger partial charge on any atom is -0.326 e. The SMILES string of the molecule is CC(=O)c1cc(C)sc1C.CCC(C)C(=O)NC(C)(C)OOOS. The third-order valence-electron chi connectivity index (χ3n) is 3.18. The zero-order valence-corrected chi connectivity index (χ0v) is 17.0. The van der Waals surface area contributed by atoms with Crippen molar-refractivity contribution in [3.05, 3.63) is 21.4 Å². The van der Waals surface area contributed by atoms with Gasteiger partial charge in [-0.05, 0) is 47.1 Å². The molecule has 0 aliphatic heterocycles. The van der Waals surface area contributed by atoms with Crippen LogP contribution in [-0.2, 0) is 19.1 Å². The standard InChI is InChI=1S/C8H17NO4S.C8H10OS/c1-5-6(2)7(10)9-8(3,4)11-12-13-14;1-5-4-8(6(2)9)7(3)10-5/h6,14H,5H2,1-4H3,(H,9,10);4H,1-3H3. The van der Waals surface area contributed by atoms with Crippen molar-refractivity contribution in [2.75, 3.05) is 0 Å². The van der Waals surface area contributed by atoms with Gasteiger partial charge >= 0.3 is 0 Å². The van der Waals surface area contributed by atoms with Gasteiger partial charge in [-0.25, -0.2) is 0 Å². The van der Waals surface area contributed by atoms with E-state index in [1.165, 1.54) is 4.88 Å². The molecule has 1 aromatic rings. The summed E-state index contributed by atoms with van der Waals surface area (Å²) in [6, 6.07) is 1.95. The maximum Gasteiger partial charge on any atom is 0.225 e. The largest absolute Gasteiger partial charge is 0.326 e. The highest BCUT2D eigenvalue weighted by Crippen LogP contribution is 2.20. The zero-order chi connectivity index (χ0) is 18.9. The number of hydrogen-bond donors (Lipinski definition) is 2. The Kier molecular flexibility index (Phi) is 10.4. The minimum atomic E-state index is -0.941. The topological polar surface area (TPSA) is 73.9 Å². The summed E-state index contributed by atoms with van der Waals surface area (Å²) in [5.74, 6) is 0.0110. The Morgan fingerprint density at radius 3 is 2.29 bits per heavy atom. The predicted octanol–water partition coefficient (Wildman–Crippen LogP) is 4.18. The molecule has 1 unspecified atom stereocenters. The molecule has 1 rings (SSSR count). The molecule has 0 aromatic carbocycles. The lowest BCUT2D eigenvalue weighted by Crippen LogP contribution is -2.47. The Labute approximate surface area is 153 Å². The Hall–Kier alpha value is -0.930. The number of thiophene rings is 1. The van der Waals surface area contributed by atoms with Crippen LogP contribution in [0.5, 0.6) is 0 Å². The molecule has 0 bridgehead atoms. The van der Waals surface area contributed by atoms with Crippen LogP contribution in [-0.4, -0.2) is 17.4 Å². The molecule has 1 N–H and O–H groups in total. The summed E-state index contributed by atoms with van der Waals surface area (Å²) in [6.45, 7) is 12.7. The van der Waals surface area contributed by atoms with Crippen molar-refractivity contribution in [3.8, 4) is 0 Å². The number of carbonyl (C=O) groups is 2. The van der Waals surface area contributed by atoms with Gasteiger partial charge in [-0.15, -0.1) is 15.7 Å². The molecule has 1 heterocycles. The van der Waals surface area contributed by atoms with Gasteiger partial charge in [0.1, 0.15) is 0 Å².